The van der Waals surface area contributed by atoms with Gasteiger partial charge in [-0.25, -0.2) is 5.43 Å². The molecule has 4 aromatic rings. The fourth-order valence-electron chi connectivity index (χ4n) is 9.84. The van der Waals surface area contributed by atoms with Crippen LogP contribution in [0.5, 0.6) is 0 Å². The normalized spacial score (nSPS) is 21.3. The highest BCUT2D eigenvalue weighted by Crippen LogP contribution is 2.42. The zero-order valence-corrected chi connectivity index (χ0v) is 38.9. The predicted octanol–water partition coefficient (Wildman–Crippen LogP) is 6.10. The number of carbonyl (C=O) groups is 5. The third-order valence-electron chi connectivity index (χ3n) is 13.3. The van der Waals surface area contributed by atoms with Gasteiger partial charge < -0.3 is 29.2 Å². The number of fused-ring (bicyclic) bond motifs is 6. The third kappa shape index (κ3) is 9.58. The lowest BCUT2D eigenvalue weighted by atomic mass is 9.84. The number of nitrogens with zero attached hydrogens (tertiary/aromatic N) is 5. The number of pyridine rings is 1. The number of nitrogens with one attached hydrogen (secondary N) is 2. The lowest BCUT2D eigenvalue weighted by Gasteiger charge is -2.37. The van der Waals surface area contributed by atoms with Crippen LogP contribution in [0, 0.1) is 17.3 Å². The van der Waals surface area contributed by atoms with Crippen LogP contribution in [0.15, 0.2) is 60.8 Å². The molecule has 14 heteroatoms. The number of ether oxygens (including phenoxy) is 2. The second-order valence-corrected chi connectivity index (χ2v) is 18.9. The number of aryl methyl sites for hydroxylation is 1. The number of carbonyl (C=O) groups excluding carboxylic acids is 5. The molecule has 2 saturated heterocycles. The maximum Gasteiger partial charge on any atom is 0.324 e. The van der Waals surface area contributed by atoms with Crippen molar-refractivity contribution in [2.24, 2.45) is 17.3 Å². The Labute approximate surface area is 377 Å². The molecule has 0 unspecified atom stereocenters. The fraction of sp³-hybridized carbons (Fsp3) is 0.520. The van der Waals surface area contributed by atoms with Crippen molar-refractivity contribution in [3.05, 3.63) is 77.6 Å². The Bertz CT molecular complexity index is 2410. The Kier molecular flexibility index (Phi) is 14.0. The van der Waals surface area contributed by atoms with E-state index in [0.717, 1.165) is 50.1 Å². The SMILES string of the molecule is CCn1c(-c2cccnc2[C@H](C)OC)c2c3cc(ccc31)-c1cccc(c1)C[C@H](NC(=O)[C@H](C(C)C)N(C)C(=O)[C@H]1CCN(C(C)=O)C1)C(=O)N1CCC[C@H](N1)C(=O)OCC(C)(C)C2. The summed E-state index contributed by atoms with van der Waals surface area (Å²) in [7, 11) is 3.31. The van der Waals surface area contributed by atoms with Crippen LogP contribution in [-0.4, -0.2) is 112 Å². The lowest BCUT2D eigenvalue weighted by Crippen LogP contribution is -2.62. The number of methoxy groups -OCH3 is 1. The number of cyclic esters (lactones) is 1. The maximum atomic E-state index is 14.7. The Morgan fingerprint density at radius 3 is 2.50 bits per heavy atom. The van der Waals surface area contributed by atoms with E-state index in [1.54, 1.807) is 25.3 Å². The van der Waals surface area contributed by atoms with Crippen LogP contribution >= 0.6 is 0 Å². The van der Waals surface area contributed by atoms with E-state index in [2.05, 4.69) is 72.5 Å². The van der Waals surface area contributed by atoms with Crippen molar-refractivity contribution < 1.29 is 33.4 Å². The quantitative estimate of drug-likeness (QED) is 0.190. The van der Waals surface area contributed by atoms with Crippen molar-refractivity contribution >= 4 is 40.5 Å². The summed E-state index contributed by atoms with van der Waals surface area (Å²) in [6.07, 6.45) is 3.85. The van der Waals surface area contributed by atoms with Crippen molar-refractivity contribution in [2.45, 2.75) is 111 Å². The summed E-state index contributed by atoms with van der Waals surface area (Å²) in [5.41, 5.74) is 10.5. The number of esters is 1. The highest BCUT2D eigenvalue weighted by molar-refractivity contribution is 5.96. The fourth-order valence-corrected chi connectivity index (χ4v) is 9.84. The summed E-state index contributed by atoms with van der Waals surface area (Å²) >= 11 is 0. The van der Waals surface area contributed by atoms with Crippen LogP contribution in [0.3, 0.4) is 0 Å². The van der Waals surface area contributed by atoms with E-state index in [0.29, 0.717) is 51.9 Å². The molecule has 6 bridgehead atoms. The Hall–Kier alpha value is -5.60. The maximum absolute atomic E-state index is 14.7. The molecule has 5 heterocycles. The summed E-state index contributed by atoms with van der Waals surface area (Å²) in [6.45, 7) is 15.6. The monoisotopic (exact) mass is 875 g/mol. The molecule has 2 N–H and O–H groups in total. The van der Waals surface area contributed by atoms with Crippen LogP contribution in [-0.2, 0) is 52.8 Å². The summed E-state index contributed by atoms with van der Waals surface area (Å²) in [5, 5.41) is 5.59. The van der Waals surface area contributed by atoms with E-state index in [9.17, 15) is 24.0 Å². The zero-order valence-electron chi connectivity index (χ0n) is 38.9. The first kappa shape index (κ1) is 46.4. The molecule has 3 aliphatic rings. The Morgan fingerprint density at radius 1 is 1.03 bits per heavy atom. The molecule has 64 heavy (non-hydrogen) atoms. The summed E-state index contributed by atoms with van der Waals surface area (Å²) in [5.74, 6) is -2.29. The molecule has 14 nitrogen and oxygen atoms in total. The first-order valence-corrected chi connectivity index (χ1v) is 22.8. The number of hydrogen-bond acceptors (Lipinski definition) is 9. The van der Waals surface area contributed by atoms with Crippen LogP contribution in [0.25, 0.3) is 33.3 Å². The van der Waals surface area contributed by atoms with Gasteiger partial charge in [0, 0.05) is 81.8 Å². The molecule has 0 aliphatic carbocycles. The van der Waals surface area contributed by atoms with Crippen molar-refractivity contribution in [3.63, 3.8) is 0 Å². The number of amides is 4. The number of likely N-dealkylation sites (N-methyl/N-ethyl adjacent to an activating group) is 1. The van der Waals surface area contributed by atoms with Gasteiger partial charge in [0.1, 0.15) is 18.1 Å². The molecule has 0 spiro atoms. The minimum Gasteiger partial charge on any atom is -0.464 e. The first-order chi connectivity index (χ1) is 30.5. The Morgan fingerprint density at radius 2 is 1.80 bits per heavy atom. The number of benzene rings is 2. The van der Waals surface area contributed by atoms with Crippen molar-refractivity contribution in [1.29, 1.82) is 0 Å². The second-order valence-electron chi connectivity index (χ2n) is 18.9. The highest BCUT2D eigenvalue weighted by Gasteiger charge is 2.40. The Balaban J connectivity index is 1.30. The molecule has 3 aliphatic heterocycles. The second kappa shape index (κ2) is 19.2. The molecular weight excluding hydrogens is 811 g/mol. The van der Waals surface area contributed by atoms with Crippen LogP contribution < -0.4 is 10.7 Å². The molecule has 342 valence electrons. The molecule has 2 fully saturated rings. The van der Waals surface area contributed by atoms with Crippen LogP contribution in [0.4, 0.5) is 0 Å². The lowest BCUT2D eigenvalue weighted by molar-refractivity contribution is -0.155. The largest absolute Gasteiger partial charge is 0.464 e. The van der Waals surface area contributed by atoms with Gasteiger partial charge in [0.25, 0.3) is 5.91 Å². The number of likely N-dealkylation sites (tertiary alicyclic amines) is 1. The molecule has 0 radical (unpaired) electrons. The topological polar surface area (TPSA) is 155 Å². The summed E-state index contributed by atoms with van der Waals surface area (Å²) in [6, 6.07) is 15.9. The van der Waals surface area contributed by atoms with Crippen molar-refractivity contribution in [3.8, 4) is 22.4 Å². The molecule has 4 amide bonds. The molecule has 7 rings (SSSR count). The van der Waals surface area contributed by atoms with E-state index in [1.807, 2.05) is 39.0 Å². The number of hydrazine groups is 1. The smallest absolute Gasteiger partial charge is 0.324 e. The standard InChI is InChI=1S/C50H65N7O7/c1-10-56-42-19-18-35-26-38(42)39(45(56)37-16-12-21-51-43(37)31(4)63-9)27-50(6,7)29-64-49(62)40-17-13-22-57(53-40)48(61)41(25-33-14-11-15-34(35)24-33)52-46(59)44(30(2)3)54(8)47(60)36-20-23-55(28-36)32(5)58/h11-12,14-16,18-19,21,24,26,30-31,36,40-41,44,53H,10,13,17,20,22-23,25,27-29H2,1-9H3,(H,52,59)/t31-,36-,40-,41-,44-/m0/s1. The van der Waals surface area contributed by atoms with Crippen LogP contribution in [0.1, 0.15) is 90.7 Å². The predicted molar refractivity (Wildman–Crippen MR) is 245 cm³/mol. The summed E-state index contributed by atoms with van der Waals surface area (Å²) in [4.78, 5) is 76.9. The average Bonchev–Trinajstić information content (AvgIpc) is 3.90. The van der Waals surface area contributed by atoms with Gasteiger partial charge in [-0.3, -0.25) is 34.0 Å². The van der Waals surface area contributed by atoms with E-state index < -0.39 is 41.3 Å². The van der Waals surface area contributed by atoms with Gasteiger partial charge in [0.2, 0.25) is 17.7 Å². The van der Waals surface area contributed by atoms with Gasteiger partial charge >= 0.3 is 5.97 Å². The number of rotatable bonds is 9. The zero-order chi connectivity index (χ0) is 46.0. The van der Waals surface area contributed by atoms with Crippen molar-refractivity contribution in [2.75, 3.05) is 40.4 Å². The van der Waals surface area contributed by atoms with Gasteiger partial charge in [-0.1, -0.05) is 58.0 Å². The molecule has 2 aromatic heterocycles. The van der Waals surface area contributed by atoms with Gasteiger partial charge in [-0.15, -0.1) is 0 Å². The minimum atomic E-state index is -1.04. The van der Waals surface area contributed by atoms with E-state index in [1.165, 1.54) is 16.8 Å². The van der Waals surface area contributed by atoms with Gasteiger partial charge in [0.15, 0.2) is 0 Å². The van der Waals surface area contributed by atoms with Gasteiger partial charge in [0.05, 0.1) is 30.0 Å². The van der Waals surface area contributed by atoms with E-state index >= 15 is 0 Å². The minimum absolute atomic E-state index is 0.0854. The molecule has 0 saturated carbocycles. The van der Waals surface area contributed by atoms with E-state index in [-0.39, 0.29) is 42.8 Å². The number of hydrogen-bond donors (Lipinski definition) is 2. The van der Waals surface area contributed by atoms with Gasteiger partial charge in [-0.05, 0) is 92.0 Å². The molecule has 5 atom stereocenters. The third-order valence-corrected chi connectivity index (χ3v) is 13.3. The molecule has 2 aromatic carbocycles. The van der Waals surface area contributed by atoms with E-state index in [4.69, 9.17) is 14.5 Å². The number of aromatic nitrogens is 2. The van der Waals surface area contributed by atoms with Crippen LogP contribution in [0.2, 0.25) is 0 Å². The first-order valence-electron chi connectivity index (χ1n) is 22.8. The molecular formula is C50H65N7O7. The summed E-state index contributed by atoms with van der Waals surface area (Å²) < 4.78 is 14.3. The van der Waals surface area contributed by atoms with Crippen molar-refractivity contribution in [1.82, 2.24) is 35.1 Å². The van der Waals surface area contributed by atoms with Gasteiger partial charge in [-0.2, -0.15) is 0 Å². The average molecular weight is 876 g/mol. The highest BCUT2D eigenvalue weighted by atomic mass is 16.5.